The van der Waals surface area contributed by atoms with Gasteiger partial charge in [0.2, 0.25) is 0 Å². The van der Waals surface area contributed by atoms with Crippen LogP contribution in [-0.4, -0.2) is 37.4 Å². The Morgan fingerprint density at radius 3 is 3.16 bits per heavy atom. The Balaban J connectivity index is 1.39. The third kappa shape index (κ3) is 3.43. The highest BCUT2D eigenvalue weighted by atomic mass is 16.2. The molecule has 3 aromatic rings. The van der Waals surface area contributed by atoms with Gasteiger partial charge in [0.15, 0.2) is 11.5 Å². The van der Waals surface area contributed by atoms with Gasteiger partial charge in [-0.2, -0.15) is 10.2 Å². The van der Waals surface area contributed by atoms with Gasteiger partial charge in [-0.25, -0.2) is 0 Å². The highest BCUT2D eigenvalue weighted by Crippen LogP contribution is 2.16. The number of H-pyrrole nitrogens is 1. The summed E-state index contributed by atoms with van der Waals surface area (Å²) in [6.07, 6.45) is 5.27. The molecular formula is C17H19N7O. The summed E-state index contributed by atoms with van der Waals surface area (Å²) in [4.78, 5) is 16.8. The zero-order valence-electron chi connectivity index (χ0n) is 13.7. The van der Waals surface area contributed by atoms with Gasteiger partial charge in [0.05, 0.1) is 0 Å². The van der Waals surface area contributed by atoms with Crippen LogP contribution in [0, 0.1) is 0 Å². The lowest BCUT2D eigenvalue weighted by Gasteiger charge is -2.12. The summed E-state index contributed by atoms with van der Waals surface area (Å²) in [6.45, 7) is 2.26. The van der Waals surface area contributed by atoms with Gasteiger partial charge >= 0.3 is 0 Å². The Morgan fingerprint density at radius 1 is 1.32 bits per heavy atom. The molecule has 0 fully saturated rings. The standard InChI is InChI=1S/C17H19N7O/c25-17(16-13-11-18-8-4-14(13)21-22-16)20-15-6-10-24(23-15)9-5-12-3-1-2-7-19-12/h1-3,6-7,10,18H,4-5,8-9,11H2,(H,21,22)(H,20,23,25). The maximum absolute atomic E-state index is 12.5. The quantitative estimate of drug-likeness (QED) is 0.648. The van der Waals surface area contributed by atoms with Crippen molar-refractivity contribution < 1.29 is 4.79 Å². The molecule has 0 atom stereocenters. The van der Waals surface area contributed by atoms with E-state index in [4.69, 9.17) is 0 Å². The molecule has 0 saturated carbocycles. The summed E-state index contributed by atoms with van der Waals surface area (Å²) in [7, 11) is 0. The molecule has 1 amide bonds. The molecule has 0 bridgehead atoms. The van der Waals surface area contributed by atoms with Crippen LogP contribution in [0.3, 0.4) is 0 Å². The first-order chi connectivity index (χ1) is 12.3. The van der Waals surface area contributed by atoms with Crippen molar-refractivity contribution in [1.82, 2.24) is 30.3 Å². The lowest BCUT2D eigenvalue weighted by molar-refractivity contribution is 0.102. The van der Waals surface area contributed by atoms with E-state index in [9.17, 15) is 4.79 Å². The van der Waals surface area contributed by atoms with Crippen LogP contribution in [0.15, 0.2) is 36.7 Å². The summed E-state index contributed by atoms with van der Waals surface area (Å²) < 4.78 is 1.80. The lowest BCUT2D eigenvalue weighted by atomic mass is 10.1. The predicted molar refractivity (Wildman–Crippen MR) is 92.1 cm³/mol. The molecule has 0 spiro atoms. The van der Waals surface area contributed by atoms with Gasteiger partial charge in [0.25, 0.3) is 5.91 Å². The molecule has 25 heavy (non-hydrogen) atoms. The zero-order chi connectivity index (χ0) is 17.1. The summed E-state index contributed by atoms with van der Waals surface area (Å²) in [5, 5.41) is 17.6. The number of pyridine rings is 1. The summed E-state index contributed by atoms with van der Waals surface area (Å²) in [5.74, 6) is 0.280. The molecule has 4 rings (SSSR count). The van der Waals surface area contributed by atoms with E-state index in [2.05, 4.69) is 30.9 Å². The van der Waals surface area contributed by atoms with Crippen molar-refractivity contribution in [3.63, 3.8) is 0 Å². The van der Waals surface area contributed by atoms with Gasteiger partial charge in [-0.05, 0) is 12.1 Å². The molecule has 0 aliphatic carbocycles. The smallest absolute Gasteiger partial charge is 0.277 e. The fourth-order valence-corrected chi connectivity index (χ4v) is 2.92. The summed E-state index contributed by atoms with van der Waals surface area (Å²) in [6, 6.07) is 7.64. The lowest BCUT2D eigenvalue weighted by Crippen LogP contribution is -2.25. The van der Waals surface area contributed by atoms with E-state index in [1.807, 2.05) is 24.4 Å². The second-order valence-corrected chi connectivity index (χ2v) is 5.95. The number of carbonyl (C=O) groups is 1. The van der Waals surface area contributed by atoms with Crippen molar-refractivity contribution in [2.24, 2.45) is 0 Å². The van der Waals surface area contributed by atoms with Crippen LogP contribution in [0.1, 0.15) is 27.4 Å². The SMILES string of the molecule is O=C(Nc1ccn(CCc2ccccn2)n1)c1n[nH]c2c1CNCC2. The second-order valence-electron chi connectivity index (χ2n) is 5.95. The van der Waals surface area contributed by atoms with Gasteiger partial charge in [-0.1, -0.05) is 6.07 Å². The highest BCUT2D eigenvalue weighted by Gasteiger charge is 2.21. The molecule has 0 saturated heterocycles. The summed E-state index contributed by atoms with van der Waals surface area (Å²) >= 11 is 0. The Kier molecular flexibility index (Phi) is 4.26. The number of hydrogen-bond acceptors (Lipinski definition) is 5. The molecule has 0 radical (unpaired) electrons. The maximum atomic E-state index is 12.5. The highest BCUT2D eigenvalue weighted by molar-refractivity contribution is 6.03. The third-order valence-corrected chi connectivity index (χ3v) is 4.23. The Hall–Kier alpha value is -3.00. The number of aromatic amines is 1. The fourth-order valence-electron chi connectivity index (χ4n) is 2.92. The Bertz CT molecular complexity index is 868. The van der Waals surface area contributed by atoms with Gasteiger partial charge < -0.3 is 10.6 Å². The first-order valence-corrected chi connectivity index (χ1v) is 8.31. The Labute approximate surface area is 144 Å². The van der Waals surface area contributed by atoms with Gasteiger partial charge in [0, 0.05) is 67.9 Å². The van der Waals surface area contributed by atoms with Gasteiger partial charge in [-0.15, -0.1) is 0 Å². The van der Waals surface area contributed by atoms with Crippen LogP contribution in [0.4, 0.5) is 5.82 Å². The molecule has 0 aromatic carbocycles. The van der Waals surface area contributed by atoms with Crippen LogP contribution in [0.5, 0.6) is 0 Å². The van der Waals surface area contributed by atoms with Crippen molar-refractivity contribution in [2.75, 3.05) is 11.9 Å². The minimum absolute atomic E-state index is 0.240. The largest absolute Gasteiger partial charge is 0.312 e. The predicted octanol–water partition coefficient (Wildman–Crippen LogP) is 1.14. The first-order valence-electron chi connectivity index (χ1n) is 8.31. The molecule has 3 N–H and O–H groups in total. The zero-order valence-corrected chi connectivity index (χ0v) is 13.7. The molecule has 8 heteroatoms. The summed E-state index contributed by atoms with van der Waals surface area (Å²) in [5.41, 5.74) is 3.42. The van der Waals surface area contributed by atoms with E-state index < -0.39 is 0 Å². The number of hydrogen-bond donors (Lipinski definition) is 3. The van der Waals surface area contributed by atoms with Crippen LogP contribution < -0.4 is 10.6 Å². The van der Waals surface area contributed by atoms with Gasteiger partial charge in [-0.3, -0.25) is 19.6 Å². The molecule has 3 aromatic heterocycles. The minimum Gasteiger partial charge on any atom is -0.312 e. The van der Waals surface area contributed by atoms with E-state index in [0.717, 1.165) is 36.3 Å². The van der Waals surface area contributed by atoms with Crippen LogP contribution in [-0.2, 0) is 25.9 Å². The number of aromatic nitrogens is 5. The van der Waals surface area contributed by atoms with Gasteiger partial charge in [0.1, 0.15) is 0 Å². The van der Waals surface area contributed by atoms with Crippen molar-refractivity contribution in [1.29, 1.82) is 0 Å². The molecule has 0 unspecified atom stereocenters. The van der Waals surface area contributed by atoms with Crippen molar-refractivity contribution in [2.45, 2.75) is 25.9 Å². The van der Waals surface area contributed by atoms with Crippen molar-refractivity contribution in [3.8, 4) is 0 Å². The molecule has 4 heterocycles. The normalized spacial score (nSPS) is 13.4. The number of rotatable bonds is 5. The molecule has 8 nitrogen and oxygen atoms in total. The van der Waals surface area contributed by atoms with Crippen molar-refractivity contribution in [3.05, 3.63) is 59.3 Å². The van der Waals surface area contributed by atoms with E-state index in [-0.39, 0.29) is 5.91 Å². The average Bonchev–Trinajstić information content (AvgIpc) is 3.27. The van der Waals surface area contributed by atoms with Crippen molar-refractivity contribution >= 4 is 11.7 Å². The van der Waals surface area contributed by atoms with E-state index in [0.29, 0.717) is 24.6 Å². The monoisotopic (exact) mass is 337 g/mol. The number of nitrogens with one attached hydrogen (secondary N) is 3. The third-order valence-electron chi connectivity index (χ3n) is 4.23. The van der Waals surface area contributed by atoms with E-state index >= 15 is 0 Å². The average molecular weight is 337 g/mol. The van der Waals surface area contributed by atoms with E-state index in [1.165, 1.54) is 0 Å². The Morgan fingerprint density at radius 2 is 2.28 bits per heavy atom. The number of aryl methyl sites for hydroxylation is 2. The number of anilines is 1. The number of fused-ring (bicyclic) bond motifs is 1. The topological polar surface area (TPSA) is 101 Å². The minimum atomic E-state index is -0.240. The second kappa shape index (κ2) is 6.86. The molecular weight excluding hydrogens is 318 g/mol. The van der Waals surface area contributed by atoms with E-state index in [1.54, 1.807) is 16.9 Å². The maximum Gasteiger partial charge on any atom is 0.277 e. The fraction of sp³-hybridized carbons (Fsp3) is 0.294. The number of amides is 1. The first kappa shape index (κ1) is 15.5. The number of nitrogens with zero attached hydrogens (tertiary/aromatic N) is 4. The van der Waals surface area contributed by atoms with Crippen LogP contribution >= 0.6 is 0 Å². The number of carbonyl (C=O) groups excluding carboxylic acids is 1. The van der Waals surface area contributed by atoms with Crippen LogP contribution in [0.25, 0.3) is 0 Å². The molecule has 1 aliphatic rings. The van der Waals surface area contributed by atoms with Crippen LogP contribution in [0.2, 0.25) is 0 Å². The molecule has 128 valence electrons. The molecule has 1 aliphatic heterocycles.